The highest BCUT2D eigenvalue weighted by atomic mass is 32.1. The Hall–Kier alpha value is -2.84. The predicted octanol–water partition coefficient (Wildman–Crippen LogP) is 4.07. The molecule has 1 aliphatic rings. The molecule has 31 heavy (non-hydrogen) atoms. The summed E-state index contributed by atoms with van der Waals surface area (Å²) in [6.07, 6.45) is 5.01. The summed E-state index contributed by atoms with van der Waals surface area (Å²) in [5.74, 6) is 0.473. The van der Waals surface area contributed by atoms with Gasteiger partial charge in [-0.2, -0.15) is 5.10 Å². The number of H-pyrrole nitrogens is 2. The molecule has 6 nitrogen and oxygen atoms in total. The maximum atomic E-state index is 13.1. The summed E-state index contributed by atoms with van der Waals surface area (Å²) in [7, 11) is 2.04. The number of thiophene rings is 1. The molecule has 0 saturated carbocycles. The van der Waals surface area contributed by atoms with Gasteiger partial charge in [-0.3, -0.25) is 14.8 Å². The van der Waals surface area contributed by atoms with Gasteiger partial charge in [-0.25, -0.2) is 9.37 Å². The molecule has 0 bridgehead atoms. The molecule has 1 aromatic carbocycles. The van der Waals surface area contributed by atoms with Gasteiger partial charge < -0.3 is 4.98 Å². The van der Waals surface area contributed by atoms with Crippen molar-refractivity contribution in [3.63, 3.8) is 0 Å². The molecule has 160 valence electrons. The van der Waals surface area contributed by atoms with E-state index in [4.69, 9.17) is 4.98 Å². The van der Waals surface area contributed by atoms with Gasteiger partial charge in [0.25, 0.3) is 5.56 Å². The van der Waals surface area contributed by atoms with Crippen LogP contribution >= 0.6 is 11.3 Å². The van der Waals surface area contributed by atoms with E-state index >= 15 is 0 Å². The molecule has 0 atom stereocenters. The molecule has 0 amide bonds. The van der Waals surface area contributed by atoms with Crippen LogP contribution in [0, 0.1) is 5.82 Å². The smallest absolute Gasteiger partial charge is 0.259 e. The van der Waals surface area contributed by atoms with E-state index in [2.05, 4.69) is 20.1 Å². The molecule has 0 spiro atoms. The zero-order valence-electron chi connectivity index (χ0n) is 17.4. The van der Waals surface area contributed by atoms with Gasteiger partial charge >= 0.3 is 0 Å². The van der Waals surface area contributed by atoms with E-state index in [0.29, 0.717) is 6.54 Å². The van der Waals surface area contributed by atoms with E-state index in [1.54, 1.807) is 23.5 Å². The second-order valence-corrected chi connectivity index (χ2v) is 9.26. The van der Waals surface area contributed by atoms with Crippen molar-refractivity contribution in [2.75, 3.05) is 13.6 Å². The molecule has 3 heterocycles. The molecule has 3 aromatic heterocycles. The second-order valence-electron chi connectivity index (χ2n) is 8.18. The summed E-state index contributed by atoms with van der Waals surface area (Å²) in [4.78, 5) is 24.7. The van der Waals surface area contributed by atoms with Gasteiger partial charge in [0.15, 0.2) is 0 Å². The first-order valence-electron chi connectivity index (χ1n) is 10.6. The van der Waals surface area contributed by atoms with Gasteiger partial charge in [0.1, 0.15) is 16.5 Å². The van der Waals surface area contributed by atoms with Crippen molar-refractivity contribution in [3.8, 4) is 11.3 Å². The largest absolute Gasteiger partial charge is 0.309 e. The normalized spacial score (nSPS) is 13.4. The molecule has 4 aromatic rings. The Labute approximate surface area is 183 Å². The Morgan fingerprint density at radius 1 is 1.23 bits per heavy atom. The van der Waals surface area contributed by atoms with E-state index in [-0.39, 0.29) is 11.4 Å². The Bertz CT molecular complexity index is 1270. The van der Waals surface area contributed by atoms with Crippen molar-refractivity contribution >= 4 is 21.6 Å². The van der Waals surface area contributed by atoms with Gasteiger partial charge in [-0.15, -0.1) is 11.3 Å². The van der Waals surface area contributed by atoms with Crippen molar-refractivity contribution < 1.29 is 4.39 Å². The lowest BCUT2D eigenvalue weighted by Gasteiger charge is -2.15. The topological polar surface area (TPSA) is 77.7 Å². The molecule has 0 saturated heterocycles. The van der Waals surface area contributed by atoms with Crippen LogP contribution in [0.1, 0.15) is 34.8 Å². The lowest BCUT2D eigenvalue weighted by atomic mass is 10.1. The summed E-state index contributed by atoms with van der Waals surface area (Å²) in [5.41, 5.74) is 3.98. The van der Waals surface area contributed by atoms with Crippen LogP contribution in [0.4, 0.5) is 4.39 Å². The molecule has 2 N–H and O–H groups in total. The molecule has 0 radical (unpaired) electrons. The minimum atomic E-state index is -0.249. The number of nitrogens with zero attached hydrogens (tertiary/aromatic N) is 3. The van der Waals surface area contributed by atoms with E-state index in [0.717, 1.165) is 71.6 Å². The standard InChI is InChI=1S/C23H24FN5OS/c1-29(11-3-4-16-12-18(28-27-16)14-7-9-15(24)10-8-14)13-20-25-22(30)21-17-5-2-6-19(17)31-23(21)26-20/h7-10,12H,2-6,11,13H2,1H3,(H,27,28)(H,25,26,30). The molecule has 0 fully saturated rings. The van der Waals surface area contributed by atoms with Crippen molar-refractivity contribution in [1.82, 2.24) is 25.1 Å². The Kier molecular flexibility index (Phi) is 5.41. The maximum absolute atomic E-state index is 13.1. The van der Waals surface area contributed by atoms with Gasteiger partial charge in [0.2, 0.25) is 0 Å². The van der Waals surface area contributed by atoms with Crippen molar-refractivity contribution in [2.24, 2.45) is 0 Å². The van der Waals surface area contributed by atoms with Crippen molar-refractivity contribution in [1.29, 1.82) is 0 Å². The number of hydrogen-bond donors (Lipinski definition) is 2. The van der Waals surface area contributed by atoms with E-state index < -0.39 is 0 Å². The van der Waals surface area contributed by atoms with Crippen LogP contribution in [-0.4, -0.2) is 38.7 Å². The van der Waals surface area contributed by atoms with Crippen LogP contribution in [0.3, 0.4) is 0 Å². The SMILES string of the molecule is CN(CCCc1cc(-c2ccc(F)cc2)n[nH]1)Cc1nc2sc3c(c2c(=O)[nH]1)CCC3. The van der Waals surface area contributed by atoms with Gasteiger partial charge in [0, 0.05) is 16.1 Å². The average molecular weight is 438 g/mol. The van der Waals surface area contributed by atoms with Gasteiger partial charge in [-0.05, 0) is 81.6 Å². The third-order valence-electron chi connectivity index (χ3n) is 5.80. The van der Waals surface area contributed by atoms with Crippen LogP contribution in [-0.2, 0) is 25.8 Å². The fourth-order valence-corrected chi connectivity index (χ4v) is 5.54. The van der Waals surface area contributed by atoms with Gasteiger partial charge in [-0.1, -0.05) is 0 Å². The quantitative estimate of drug-likeness (QED) is 0.457. The number of aromatic nitrogens is 4. The van der Waals surface area contributed by atoms with Crippen molar-refractivity contribution in [3.05, 3.63) is 68.5 Å². The Balaban J connectivity index is 1.18. The third kappa shape index (κ3) is 4.18. The molecule has 1 aliphatic carbocycles. The first-order valence-corrected chi connectivity index (χ1v) is 11.4. The molecule has 0 unspecified atom stereocenters. The number of hydrogen-bond acceptors (Lipinski definition) is 5. The van der Waals surface area contributed by atoms with E-state index in [1.165, 1.54) is 22.6 Å². The number of benzene rings is 1. The van der Waals surface area contributed by atoms with E-state index in [9.17, 15) is 9.18 Å². The summed E-state index contributed by atoms with van der Waals surface area (Å²) < 4.78 is 13.1. The fourth-order valence-electron chi connectivity index (χ4n) is 4.25. The number of aromatic amines is 2. The first kappa shape index (κ1) is 20.1. The summed E-state index contributed by atoms with van der Waals surface area (Å²) in [6, 6.07) is 8.36. The van der Waals surface area contributed by atoms with Crippen LogP contribution in [0.15, 0.2) is 35.1 Å². The fraction of sp³-hybridized carbons (Fsp3) is 0.348. The zero-order chi connectivity index (χ0) is 21.4. The minimum Gasteiger partial charge on any atom is -0.309 e. The predicted molar refractivity (Wildman–Crippen MR) is 121 cm³/mol. The number of rotatable bonds is 7. The van der Waals surface area contributed by atoms with Crippen LogP contribution in [0.25, 0.3) is 21.5 Å². The van der Waals surface area contributed by atoms with Crippen molar-refractivity contribution in [2.45, 2.75) is 38.6 Å². The molecular weight excluding hydrogens is 413 g/mol. The molecule has 0 aliphatic heterocycles. The molecule has 5 rings (SSSR count). The highest BCUT2D eigenvalue weighted by Gasteiger charge is 2.21. The maximum Gasteiger partial charge on any atom is 0.259 e. The van der Waals surface area contributed by atoms with Crippen LogP contribution in [0.5, 0.6) is 0 Å². The number of aryl methyl sites for hydroxylation is 3. The highest BCUT2D eigenvalue weighted by molar-refractivity contribution is 7.18. The summed E-state index contributed by atoms with van der Waals surface area (Å²) in [6.45, 7) is 1.48. The van der Waals surface area contributed by atoms with Crippen LogP contribution < -0.4 is 5.56 Å². The minimum absolute atomic E-state index is 0.00131. The Morgan fingerprint density at radius 3 is 2.90 bits per heavy atom. The van der Waals surface area contributed by atoms with E-state index in [1.807, 2.05) is 13.1 Å². The highest BCUT2D eigenvalue weighted by Crippen LogP contribution is 2.34. The average Bonchev–Trinajstić information content (AvgIpc) is 3.44. The monoisotopic (exact) mass is 437 g/mol. The number of fused-ring (bicyclic) bond motifs is 3. The molecular formula is C23H24FN5OS. The summed E-state index contributed by atoms with van der Waals surface area (Å²) >= 11 is 1.68. The second kappa shape index (κ2) is 8.36. The Morgan fingerprint density at radius 2 is 2.06 bits per heavy atom. The number of nitrogens with one attached hydrogen (secondary N) is 2. The third-order valence-corrected chi connectivity index (χ3v) is 6.99. The first-order chi connectivity index (χ1) is 15.1. The lowest BCUT2D eigenvalue weighted by Crippen LogP contribution is -2.23. The summed E-state index contributed by atoms with van der Waals surface area (Å²) in [5, 5.41) is 8.20. The zero-order valence-corrected chi connectivity index (χ0v) is 18.2. The van der Waals surface area contributed by atoms with Crippen LogP contribution in [0.2, 0.25) is 0 Å². The van der Waals surface area contributed by atoms with Gasteiger partial charge in [0.05, 0.1) is 17.6 Å². The number of halogens is 1. The molecule has 8 heteroatoms. The lowest BCUT2D eigenvalue weighted by molar-refractivity contribution is 0.314.